The second kappa shape index (κ2) is 10.3. The summed E-state index contributed by atoms with van der Waals surface area (Å²) in [5, 5.41) is 2.68. The van der Waals surface area contributed by atoms with Gasteiger partial charge in [-0.2, -0.15) is 8.78 Å². The van der Waals surface area contributed by atoms with Gasteiger partial charge < -0.3 is 23.9 Å². The van der Waals surface area contributed by atoms with E-state index in [9.17, 15) is 13.6 Å². The molecule has 3 rings (SSSR count). The Morgan fingerprint density at radius 3 is 2.52 bits per heavy atom. The van der Waals surface area contributed by atoms with Crippen molar-refractivity contribution >= 4 is 6.09 Å². The highest BCUT2D eigenvalue weighted by atomic mass is 19.3. The second-order valence-corrected chi connectivity index (χ2v) is 8.25. The zero-order valence-corrected chi connectivity index (χ0v) is 18.8. The number of hydrogen-bond donors (Lipinski definition) is 1. The Labute approximate surface area is 190 Å². The standard InChI is InChI=1S/C24H26F2N2O5/c1-15(28-23(29)33-24(2,3)4)20-13-27-21(31-20)17-10-11-18(32-22(25)26)19(12-17)30-14-16-8-6-5-7-9-16/h5-13,15,22H,14H2,1-4H3,(H,28,29). The van der Waals surface area contributed by atoms with Gasteiger partial charge in [0.15, 0.2) is 11.5 Å². The molecule has 0 bridgehead atoms. The van der Waals surface area contributed by atoms with Crippen LogP contribution in [0.4, 0.5) is 13.6 Å². The summed E-state index contributed by atoms with van der Waals surface area (Å²) in [6, 6.07) is 13.2. The fourth-order valence-corrected chi connectivity index (χ4v) is 2.86. The third kappa shape index (κ3) is 7.20. The van der Waals surface area contributed by atoms with Crippen molar-refractivity contribution in [3.8, 4) is 23.0 Å². The Morgan fingerprint density at radius 2 is 1.85 bits per heavy atom. The van der Waals surface area contributed by atoms with Crippen molar-refractivity contribution in [2.75, 3.05) is 0 Å². The van der Waals surface area contributed by atoms with E-state index in [2.05, 4.69) is 15.0 Å². The van der Waals surface area contributed by atoms with Crippen molar-refractivity contribution in [3.63, 3.8) is 0 Å². The third-order valence-corrected chi connectivity index (χ3v) is 4.33. The van der Waals surface area contributed by atoms with E-state index in [-0.39, 0.29) is 24.0 Å². The number of nitrogens with one attached hydrogen (secondary N) is 1. The SMILES string of the molecule is CC(NC(=O)OC(C)(C)C)c1cnc(-c2ccc(OC(F)F)c(OCc3ccccc3)c2)o1. The minimum Gasteiger partial charge on any atom is -0.485 e. The fraction of sp³-hybridized carbons (Fsp3) is 0.333. The number of halogens is 2. The molecule has 1 amide bonds. The van der Waals surface area contributed by atoms with Crippen LogP contribution in [0.3, 0.4) is 0 Å². The maximum absolute atomic E-state index is 12.8. The van der Waals surface area contributed by atoms with Crippen molar-refractivity contribution < 1.29 is 32.2 Å². The molecule has 9 heteroatoms. The number of nitrogens with zero attached hydrogens (tertiary/aromatic N) is 1. The lowest BCUT2D eigenvalue weighted by atomic mass is 10.2. The van der Waals surface area contributed by atoms with Gasteiger partial charge >= 0.3 is 12.7 Å². The van der Waals surface area contributed by atoms with Gasteiger partial charge in [-0.3, -0.25) is 0 Å². The molecule has 0 saturated carbocycles. The Hall–Kier alpha value is -3.62. The third-order valence-electron chi connectivity index (χ3n) is 4.33. The summed E-state index contributed by atoms with van der Waals surface area (Å²) in [5.41, 5.74) is 0.732. The van der Waals surface area contributed by atoms with Crippen molar-refractivity contribution in [3.05, 3.63) is 66.1 Å². The topological polar surface area (TPSA) is 82.8 Å². The molecule has 3 aromatic rings. The quantitative estimate of drug-likeness (QED) is 0.437. The van der Waals surface area contributed by atoms with Gasteiger partial charge in [-0.25, -0.2) is 9.78 Å². The molecule has 1 unspecified atom stereocenters. The van der Waals surface area contributed by atoms with Crippen molar-refractivity contribution in [2.45, 2.75) is 52.6 Å². The van der Waals surface area contributed by atoms with Gasteiger partial charge in [-0.1, -0.05) is 30.3 Å². The number of amides is 1. The van der Waals surface area contributed by atoms with Crippen LogP contribution in [0.1, 0.15) is 45.1 Å². The van der Waals surface area contributed by atoms with Gasteiger partial charge in [0.25, 0.3) is 0 Å². The fourth-order valence-electron chi connectivity index (χ4n) is 2.86. The molecule has 0 aliphatic rings. The van der Waals surface area contributed by atoms with E-state index in [0.29, 0.717) is 11.3 Å². The van der Waals surface area contributed by atoms with Gasteiger partial charge in [0.05, 0.1) is 12.2 Å². The molecule has 1 heterocycles. The number of oxazole rings is 1. The van der Waals surface area contributed by atoms with Crippen LogP contribution < -0.4 is 14.8 Å². The highest BCUT2D eigenvalue weighted by molar-refractivity contribution is 5.68. The van der Waals surface area contributed by atoms with E-state index < -0.39 is 24.3 Å². The minimum absolute atomic E-state index is 0.101. The molecule has 0 radical (unpaired) electrons. The Bertz CT molecular complexity index is 1060. The van der Waals surface area contributed by atoms with E-state index >= 15 is 0 Å². The number of benzene rings is 2. The molecular weight excluding hydrogens is 434 g/mol. The monoisotopic (exact) mass is 460 g/mol. The first kappa shape index (κ1) is 24.0. The van der Waals surface area contributed by atoms with Crippen LogP contribution in [-0.2, 0) is 11.3 Å². The Balaban J connectivity index is 1.77. The van der Waals surface area contributed by atoms with E-state index in [1.807, 2.05) is 30.3 Å². The van der Waals surface area contributed by atoms with Gasteiger partial charge in [-0.15, -0.1) is 0 Å². The predicted octanol–water partition coefficient (Wildman–Crippen LogP) is 6.11. The maximum atomic E-state index is 12.8. The molecule has 2 aromatic carbocycles. The number of carbonyl (C=O) groups is 1. The van der Waals surface area contributed by atoms with Crippen molar-refractivity contribution in [1.82, 2.24) is 10.3 Å². The molecule has 33 heavy (non-hydrogen) atoms. The summed E-state index contributed by atoms with van der Waals surface area (Å²) in [6.45, 7) is 4.19. The number of alkyl carbamates (subject to hydrolysis) is 1. The van der Waals surface area contributed by atoms with Crippen LogP contribution in [-0.4, -0.2) is 23.3 Å². The van der Waals surface area contributed by atoms with Crippen LogP contribution in [0, 0.1) is 0 Å². The molecule has 0 spiro atoms. The molecule has 0 fully saturated rings. The number of carbonyl (C=O) groups excluding carboxylic acids is 1. The number of hydrogen-bond acceptors (Lipinski definition) is 6. The first-order valence-corrected chi connectivity index (χ1v) is 10.3. The molecular formula is C24H26F2N2O5. The molecule has 0 aliphatic heterocycles. The molecule has 0 saturated heterocycles. The highest BCUT2D eigenvalue weighted by Gasteiger charge is 2.21. The largest absolute Gasteiger partial charge is 0.485 e. The van der Waals surface area contributed by atoms with Crippen LogP contribution in [0.15, 0.2) is 59.1 Å². The number of rotatable bonds is 8. The summed E-state index contributed by atoms with van der Waals surface area (Å²) in [4.78, 5) is 16.2. The molecule has 1 aromatic heterocycles. The van der Waals surface area contributed by atoms with E-state index in [1.54, 1.807) is 27.7 Å². The summed E-state index contributed by atoms with van der Waals surface area (Å²) < 4.78 is 47.0. The molecule has 1 atom stereocenters. The van der Waals surface area contributed by atoms with Crippen LogP contribution in [0.25, 0.3) is 11.5 Å². The van der Waals surface area contributed by atoms with E-state index in [0.717, 1.165) is 5.56 Å². The summed E-state index contributed by atoms with van der Waals surface area (Å²) >= 11 is 0. The lowest BCUT2D eigenvalue weighted by molar-refractivity contribution is -0.0515. The zero-order valence-electron chi connectivity index (χ0n) is 18.8. The Morgan fingerprint density at radius 1 is 1.12 bits per heavy atom. The molecule has 176 valence electrons. The number of alkyl halides is 2. The molecule has 7 nitrogen and oxygen atoms in total. The lowest BCUT2D eigenvalue weighted by Gasteiger charge is -2.21. The van der Waals surface area contributed by atoms with Gasteiger partial charge in [0, 0.05) is 5.56 Å². The average molecular weight is 460 g/mol. The zero-order chi connectivity index (χ0) is 24.0. The highest BCUT2D eigenvalue weighted by Crippen LogP contribution is 2.34. The maximum Gasteiger partial charge on any atom is 0.408 e. The van der Waals surface area contributed by atoms with Crippen molar-refractivity contribution in [2.24, 2.45) is 0 Å². The molecule has 1 N–H and O–H groups in total. The van der Waals surface area contributed by atoms with Gasteiger partial charge in [0.1, 0.15) is 18.0 Å². The van der Waals surface area contributed by atoms with Crippen LogP contribution in [0.2, 0.25) is 0 Å². The summed E-state index contributed by atoms with van der Waals surface area (Å²) in [6.07, 6.45) is 0.892. The minimum atomic E-state index is -3.00. The first-order chi connectivity index (χ1) is 15.6. The lowest BCUT2D eigenvalue weighted by Crippen LogP contribution is -2.33. The average Bonchev–Trinajstić information content (AvgIpc) is 3.22. The van der Waals surface area contributed by atoms with Crippen LogP contribution >= 0.6 is 0 Å². The van der Waals surface area contributed by atoms with E-state index in [4.69, 9.17) is 13.9 Å². The van der Waals surface area contributed by atoms with Crippen molar-refractivity contribution in [1.29, 1.82) is 0 Å². The van der Waals surface area contributed by atoms with E-state index in [1.165, 1.54) is 24.4 Å². The smallest absolute Gasteiger partial charge is 0.408 e. The van der Waals surface area contributed by atoms with Crippen LogP contribution in [0.5, 0.6) is 11.5 Å². The number of aromatic nitrogens is 1. The predicted molar refractivity (Wildman–Crippen MR) is 117 cm³/mol. The number of ether oxygens (including phenoxy) is 3. The molecule has 0 aliphatic carbocycles. The van der Waals surface area contributed by atoms with Gasteiger partial charge in [-0.05, 0) is 51.5 Å². The van der Waals surface area contributed by atoms with Gasteiger partial charge in [0.2, 0.25) is 5.89 Å². The normalized spacial score (nSPS) is 12.3. The summed E-state index contributed by atoms with van der Waals surface area (Å²) in [5.74, 6) is 0.652. The Kier molecular flexibility index (Phi) is 7.52. The summed E-state index contributed by atoms with van der Waals surface area (Å²) in [7, 11) is 0. The first-order valence-electron chi connectivity index (χ1n) is 10.3. The second-order valence-electron chi connectivity index (χ2n) is 8.25.